The van der Waals surface area contributed by atoms with Crippen LogP contribution < -0.4 is 0 Å². The first kappa shape index (κ1) is 21.7. The topological polar surface area (TPSA) is 107 Å². The molecule has 168 valence electrons. The highest BCUT2D eigenvalue weighted by Crippen LogP contribution is 2.24. The number of amides is 1. The molecule has 0 spiro atoms. The predicted molar refractivity (Wildman–Crippen MR) is 119 cm³/mol. The summed E-state index contributed by atoms with van der Waals surface area (Å²) in [4.78, 5) is 31.7. The van der Waals surface area contributed by atoms with Crippen molar-refractivity contribution in [1.82, 2.24) is 24.6 Å². The van der Waals surface area contributed by atoms with Crippen LogP contribution in [0.2, 0.25) is 0 Å². The molecular weight excluding hydrogens is 412 g/mol. The van der Waals surface area contributed by atoms with Gasteiger partial charge in [0.1, 0.15) is 11.3 Å². The SMILES string of the molecule is CC(C)(C)OC(=O)N1CCN(Cc2ccc3cn(-c4ccccc4[N+](=O)[O-])nc3n2)CC1. The molecule has 1 saturated heterocycles. The Morgan fingerprint density at radius 2 is 1.84 bits per heavy atom. The van der Waals surface area contributed by atoms with E-state index in [1.807, 2.05) is 32.9 Å². The number of benzene rings is 1. The molecule has 1 aliphatic rings. The van der Waals surface area contributed by atoms with Gasteiger partial charge in [-0.2, -0.15) is 0 Å². The number of ether oxygens (including phenoxy) is 1. The average Bonchev–Trinajstić information content (AvgIpc) is 3.16. The maximum Gasteiger partial charge on any atom is 0.410 e. The molecule has 3 heterocycles. The van der Waals surface area contributed by atoms with E-state index in [1.165, 1.54) is 10.7 Å². The van der Waals surface area contributed by atoms with E-state index < -0.39 is 10.5 Å². The Morgan fingerprint density at radius 1 is 1.12 bits per heavy atom. The molecule has 0 saturated carbocycles. The van der Waals surface area contributed by atoms with Crippen LogP contribution in [-0.2, 0) is 11.3 Å². The summed E-state index contributed by atoms with van der Waals surface area (Å²) in [6.45, 7) is 8.87. The van der Waals surface area contributed by atoms with Crippen molar-refractivity contribution in [2.24, 2.45) is 0 Å². The van der Waals surface area contributed by atoms with E-state index in [9.17, 15) is 14.9 Å². The van der Waals surface area contributed by atoms with Crippen LogP contribution in [0.3, 0.4) is 0 Å². The number of nitro benzene ring substituents is 1. The van der Waals surface area contributed by atoms with E-state index >= 15 is 0 Å². The van der Waals surface area contributed by atoms with Crippen LogP contribution in [-0.4, -0.2) is 67.4 Å². The van der Waals surface area contributed by atoms with Crippen LogP contribution in [0.15, 0.2) is 42.6 Å². The number of aromatic nitrogens is 3. The Labute approximate surface area is 185 Å². The van der Waals surface area contributed by atoms with Crippen molar-refractivity contribution in [2.45, 2.75) is 32.9 Å². The maximum atomic E-state index is 12.2. The highest BCUT2D eigenvalue weighted by molar-refractivity contribution is 5.75. The van der Waals surface area contributed by atoms with Crippen LogP contribution in [0, 0.1) is 10.1 Å². The molecule has 0 N–H and O–H groups in total. The lowest BCUT2D eigenvalue weighted by molar-refractivity contribution is -0.384. The Hall–Kier alpha value is -3.53. The average molecular weight is 438 g/mol. The Bertz CT molecular complexity index is 1140. The highest BCUT2D eigenvalue weighted by atomic mass is 16.6. The van der Waals surface area contributed by atoms with Gasteiger partial charge >= 0.3 is 6.09 Å². The van der Waals surface area contributed by atoms with Crippen LogP contribution in [0.4, 0.5) is 10.5 Å². The summed E-state index contributed by atoms with van der Waals surface area (Å²) in [6, 6.07) is 10.3. The molecule has 0 bridgehead atoms. The standard InChI is InChI=1S/C22H26N6O4/c1-22(2,3)32-21(29)26-12-10-25(11-13-26)15-17-9-8-16-14-27(24-20(16)23-17)18-6-4-5-7-19(18)28(30)31/h4-9,14H,10-13,15H2,1-3H3. The van der Waals surface area contributed by atoms with Crippen molar-refractivity contribution < 1.29 is 14.5 Å². The van der Waals surface area contributed by atoms with Crippen molar-refractivity contribution in [3.63, 3.8) is 0 Å². The van der Waals surface area contributed by atoms with Gasteiger partial charge in [-0.05, 0) is 39.0 Å². The van der Waals surface area contributed by atoms with Gasteiger partial charge in [0.2, 0.25) is 0 Å². The lowest BCUT2D eigenvalue weighted by atomic mass is 10.2. The van der Waals surface area contributed by atoms with Crippen molar-refractivity contribution in [3.8, 4) is 5.69 Å². The fourth-order valence-electron chi connectivity index (χ4n) is 3.61. The molecule has 32 heavy (non-hydrogen) atoms. The summed E-state index contributed by atoms with van der Waals surface area (Å²) in [5.41, 5.74) is 1.28. The fraction of sp³-hybridized carbons (Fsp3) is 0.409. The van der Waals surface area contributed by atoms with Crippen molar-refractivity contribution >= 4 is 22.8 Å². The third-order valence-corrected chi connectivity index (χ3v) is 5.16. The van der Waals surface area contributed by atoms with Gasteiger partial charge in [-0.25, -0.2) is 14.5 Å². The molecule has 0 atom stereocenters. The zero-order chi connectivity index (χ0) is 22.9. The lowest BCUT2D eigenvalue weighted by Crippen LogP contribution is -2.49. The molecule has 4 rings (SSSR count). The minimum Gasteiger partial charge on any atom is -0.444 e. The Balaban J connectivity index is 1.44. The van der Waals surface area contributed by atoms with Crippen molar-refractivity contribution in [1.29, 1.82) is 0 Å². The van der Waals surface area contributed by atoms with E-state index in [0.29, 0.717) is 31.0 Å². The molecule has 0 radical (unpaired) electrons. The monoisotopic (exact) mass is 438 g/mol. The minimum absolute atomic E-state index is 0.0108. The van der Waals surface area contributed by atoms with Gasteiger partial charge < -0.3 is 9.64 Å². The zero-order valence-electron chi connectivity index (χ0n) is 18.4. The van der Waals surface area contributed by atoms with E-state index in [0.717, 1.165) is 24.2 Å². The second-order valence-electron chi connectivity index (χ2n) is 8.78. The van der Waals surface area contributed by atoms with Crippen molar-refractivity contribution in [2.75, 3.05) is 26.2 Å². The third-order valence-electron chi connectivity index (χ3n) is 5.16. The van der Waals surface area contributed by atoms with Crippen LogP contribution >= 0.6 is 0 Å². The number of fused-ring (bicyclic) bond motifs is 1. The summed E-state index contributed by atoms with van der Waals surface area (Å²) in [5.74, 6) is 0. The Kier molecular flexibility index (Phi) is 5.79. The van der Waals surface area contributed by atoms with E-state index in [4.69, 9.17) is 4.74 Å². The number of hydrogen-bond donors (Lipinski definition) is 0. The maximum absolute atomic E-state index is 12.2. The molecular formula is C22H26N6O4. The molecule has 1 aliphatic heterocycles. The van der Waals surface area contributed by atoms with Crippen LogP contribution in [0.5, 0.6) is 0 Å². The van der Waals surface area contributed by atoms with Gasteiger partial charge in [-0.3, -0.25) is 15.0 Å². The van der Waals surface area contributed by atoms with E-state index in [2.05, 4.69) is 15.0 Å². The third kappa shape index (κ3) is 4.86. The second kappa shape index (κ2) is 8.54. The summed E-state index contributed by atoms with van der Waals surface area (Å²) in [7, 11) is 0. The lowest BCUT2D eigenvalue weighted by Gasteiger charge is -2.35. The van der Waals surface area contributed by atoms with Gasteiger partial charge in [0, 0.05) is 50.4 Å². The first-order valence-corrected chi connectivity index (χ1v) is 10.5. The van der Waals surface area contributed by atoms with Gasteiger partial charge in [0.25, 0.3) is 5.69 Å². The number of nitro groups is 1. The number of hydrogen-bond acceptors (Lipinski definition) is 7. The van der Waals surface area contributed by atoms with Gasteiger partial charge in [-0.1, -0.05) is 12.1 Å². The molecule has 0 aliphatic carbocycles. The van der Waals surface area contributed by atoms with Gasteiger partial charge in [0.15, 0.2) is 5.65 Å². The van der Waals surface area contributed by atoms with Crippen LogP contribution in [0.1, 0.15) is 26.5 Å². The molecule has 2 aromatic heterocycles. The summed E-state index contributed by atoms with van der Waals surface area (Å²) >= 11 is 0. The number of carbonyl (C=O) groups is 1. The predicted octanol–water partition coefficient (Wildman–Crippen LogP) is 3.38. The number of piperazine rings is 1. The number of nitrogens with zero attached hydrogens (tertiary/aromatic N) is 6. The van der Waals surface area contributed by atoms with Crippen molar-refractivity contribution in [3.05, 3.63) is 58.4 Å². The largest absolute Gasteiger partial charge is 0.444 e. The summed E-state index contributed by atoms with van der Waals surface area (Å²) in [6.07, 6.45) is 1.46. The van der Waals surface area contributed by atoms with Crippen LogP contribution in [0.25, 0.3) is 16.7 Å². The molecule has 10 nitrogen and oxygen atoms in total. The summed E-state index contributed by atoms with van der Waals surface area (Å²) in [5, 5.41) is 16.6. The van der Waals surface area contributed by atoms with E-state index in [1.54, 1.807) is 29.3 Å². The second-order valence-corrected chi connectivity index (χ2v) is 8.78. The fourth-order valence-corrected chi connectivity index (χ4v) is 3.61. The number of rotatable bonds is 4. The van der Waals surface area contributed by atoms with E-state index in [-0.39, 0.29) is 11.8 Å². The number of pyridine rings is 1. The molecule has 10 heteroatoms. The van der Waals surface area contributed by atoms with Gasteiger partial charge in [-0.15, -0.1) is 5.10 Å². The smallest absolute Gasteiger partial charge is 0.410 e. The number of para-hydroxylation sites is 2. The molecule has 3 aromatic rings. The Morgan fingerprint density at radius 3 is 2.53 bits per heavy atom. The molecule has 1 amide bonds. The number of carbonyl (C=O) groups excluding carboxylic acids is 1. The highest BCUT2D eigenvalue weighted by Gasteiger charge is 2.26. The minimum atomic E-state index is -0.503. The molecule has 1 fully saturated rings. The summed E-state index contributed by atoms with van der Waals surface area (Å²) < 4.78 is 6.94. The quantitative estimate of drug-likeness (QED) is 0.454. The first-order valence-electron chi connectivity index (χ1n) is 10.5. The first-order chi connectivity index (χ1) is 15.2. The molecule has 0 unspecified atom stereocenters. The normalized spacial score (nSPS) is 15.2. The van der Waals surface area contributed by atoms with Gasteiger partial charge in [0.05, 0.1) is 10.6 Å². The zero-order valence-corrected chi connectivity index (χ0v) is 18.4. The molecule has 1 aromatic carbocycles.